The van der Waals surface area contributed by atoms with E-state index in [9.17, 15) is 24.6 Å². The van der Waals surface area contributed by atoms with Crippen LogP contribution in [0.3, 0.4) is 0 Å². The molecule has 7 fully saturated rings. The maximum absolute atomic E-state index is 13.8. The molecule has 31 heavy (non-hydrogen) atoms. The molecule has 2 saturated heterocycles. The van der Waals surface area contributed by atoms with Gasteiger partial charge >= 0.3 is 0 Å². The number of hydrogen-bond acceptors (Lipinski definition) is 7. The minimum absolute atomic E-state index is 0.0348. The zero-order valence-electron chi connectivity index (χ0n) is 18.4. The predicted molar refractivity (Wildman–Crippen MR) is 106 cm³/mol. The van der Waals surface area contributed by atoms with Gasteiger partial charge in [-0.2, -0.15) is 0 Å². The van der Waals surface area contributed by atoms with Gasteiger partial charge in [-0.25, -0.2) is 0 Å². The van der Waals surface area contributed by atoms with E-state index in [1.807, 2.05) is 13.8 Å². The molecule has 2 spiro atoms. The van der Waals surface area contributed by atoms with Gasteiger partial charge < -0.3 is 19.7 Å². The van der Waals surface area contributed by atoms with Crippen molar-refractivity contribution in [3.05, 3.63) is 12.2 Å². The summed E-state index contributed by atoms with van der Waals surface area (Å²) in [5, 5.41) is 22.6. The van der Waals surface area contributed by atoms with Gasteiger partial charge in [0.15, 0.2) is 17.4 Å². The molecule has 2 heterocycles. The number of carbonyl (C=O) groups excluding carboxylic acids is 3. The van der Waals surface area contributed by atoms with Gasteiger partial charge in [0.1, 0.15) is 6.10 Å². The molecule has 7 aliphatic rings. The van der Waals surface area contributed by atoms with Gasteiger partial charge in [0.25, 0.3) is 0 Å². The summed E-state index contributed by atoms with van der Waals surface area (Å²) in [6, 6.07) is 0. The summed E-state index contributed by atoms with van der Waals surface area (Å²) in [5.41, 5.74) is -2.27. The smallest absolute Gasteiger partial charge is 0.211 e. The molecule has 0 radical (unpaired) electrons. The number of ketones is 3. The fourth-order valence-corrected chi connectivity index (χ4v) is 9.18. The SMILES string of the molecule is C=C1C2C(=O)[C@]34[C@H]2[C@H]1CC[C@H]3[C@@]12CO[C@]4(OC(C)(C)O)[C@@H](O)[C@@H]1C(C)(C)CC(=O)C2=O. The minimum Gasteiger partial charge on any atom is -0.387 e. The van der Waals surface area contributed by atoms with E-state index in [-0.39, 0.29) is 36.6 Å². The van der Waals surface area contributed by atoms with Crippen molar-refractivity contribution >= 4 is 17.3 Å². The molecule has 1 unspecified atom stereocenters. The van der Waals surface area contributed by atoms with Crippen molar-refractivity contribution in [2.24, 2.45) is 45.8 Å². The van der Waals surface area contributed by atoms with Crippen LogP contribution >= 0.6 is 0 Å². The Balaban J connectivity index is 1.64. The zero-order valence-corrected chi connectivity index (χ0v) is 18.4. The van der Waals surface area contributed by atoms with Crippen molar-refractivity contribution in [2.45, 2.75) is 64.6 Å². The van der Waals surface area contributed by atoms with Gasteiger partial charge in [-0.3, -0.25) is 14.4 Å². The highest BCUT2D eigenvalue weighted by atomic mass is 16.8. The lowest BCUT2D eigenvalue weighted by atomic mass is 9.23. The molecule has 0 aromatic carbocycles. The van der Waals surface area contributed by atoms with E-state index >= 15 is 0 Å². The van der Waals surface area contributed by atoms with Gasteiger partial charge in [-0.1, -0.05) is 26.0 Å². The average molecular weight is 430 g/mol. The van der Waals surface area contributed by atoms with Crippen molar-refractivity contribution in [3.8, 4) is 0 Å². The Morgan fingerprint density at radius 1 is 1.19 bits per heavy atom. The second kappa shape index (κ2) is 5.22. The second-order valence-corrected chi connectivity index (χ2v) is 11.9. The Morgan fingerprint density at radius 3 is 2.52 bits per heavy atom. The number of aliphatic hydroxyl groups is 2. The molecule has 7 heteroatoms. The van der Waals surface area contributed by atoms with Gasteiger partial charge in [0.2, 0.25) is 11.6 Å². The zero-order chi connectivity index (χ0) is 22.5. The van der Waals surface area contributed by atoms with Gasteiger partial charge in [-0.15, -0.1) is 0 Å². The highest BCUT2D eigenvalue weighted by Crippen LogP contribution is 2.83. The van der Waals surface area contributed by atoms with Crippen LogP contribution in [-0.4, -0.2) is 51.8 Å². The molecule has 0 aromatic heterocycles. The quantitative estimate of drug-likeness (QED) is 0.387. The molecule has 7 rings (SSSR count). The molecule has 2 N–H and O–H groups in total. The molecular weight excluding hydrogens is 400 g/mol. The van der Waals surface area contributed by atoms with E-state index in [0.29, 0.717) is 6.42 Å². The van der Waals surface area contributed by atoms with Crippen molar-refractivity contribution in [3.63, 3.8) is 0 Å². The number of fused-ring (bicyclic) bond motifs is 1. The van der Waals surface area contributed by atoms with Crippen molar-refractivity contribution in [2.75, 3.05) is 6.61 Å². The molecule has 2 bridgehead atoms. The van der Waals surface area contributed by atoms with Crippen LogP contribution in [0.2, 0.25) is 0 Å². The fourth-order valence-electron chi connectivity index (χ4n) is 9.18. The lowest BCUT2D eigenvalue weighted by Gasteiger charge is -2.82. The number of aliphatic hydroxyl groups excluding tert-OH is 1. The van der Waals surface area contributed by atoms with Crippen molar-refractivity contribution in [1.82, 2.24) is 0 Å². The van der Waals surface area contributed by atoms with Crippen LogP contribution in [0.4, 0.5) is 0 Å². The summed E-state index contributed by atoms with van der Waals surface area (Å²) < 4.78 is 12.4. The lowest BCUT2D eigenvalue weighted by Crippen LogP contribution is -2.93. The summed E-state index contributed by atoms with van der Waals surface area (Å²) in [6.07, 6.45) is 0.0725. The molecule has 168 valence electrons. The monoisotopic (exact) mass is 430 g/mol. The predicted octanol–water partition coefficient (Wildman–Crippen LogP) is 1.40. The van der Waals surface area contributed by atoms with Crippen LogP contribution in [0.15, 0.2) is 12.2 Å². The fraction of sp³-hybridized carbons (Fsp3) is 0.792. The molecular formula is C24H30O7. The number of rotatable bonds is 2. The van der Waals surface area contributed by atoms with Crippen LogP contribution < -0.4 is 0 Å². The van der Waals surface area contributed by atoms with E-state index in [2.05, 4.69) is 6.58 Å². The normalized spacial score (nSPS) is 53.9. The second-order valence-electron chi connectivity index (χ2n) is 11.9. The van der Waals surface area contributed by atoms with E-state index in [1.54, 1.807) is 0 Å². The average Bonchev–Trinajstić information content (AvgIpc) is 2.63. The van der Waals surface area contributed by atoms with Gasteiger partial charge in [-0.05, 0) is 49.9 Å². The van der Waals surface area contributed by atoms with Crippen LogP contribution in [0.5, 0.6) is 0 Å². The maximum atomic E-state index is 13.8. The maximum Gasteiger partial charge on any atom is 0.211 e. The topological polar surface area (TPSA) is 110 Å². The van der Waals surface area contributed by atoms with Crippen LogP contribution in [0.1, 0.15) is 47.0 Å². The van der Waals surface area contributed by atoms with Crippen LogP contribution in [-0.2, 0) is 23.9 Å². The van der Waals surface area contributed by atoms with Crippen molar-refractivity contribution < 1.29 is 34.1 Å². The largest absolute Gasteiger partial charge is 0.387 e. The number of ether oxygens (including phenoxy) is 2. The highest BCUT2D eigenvalue weighted by Gasteiger charge is 2.93. The molecule has 5 aliphatic carbocycles. The molecule has 5 saturated carbocycles. The first kappa shape index (κ1) is 20.2. The van der Waals surface area contributed by atoms with Crippen LogP contribution in [0.25, 0.3) is 0 Å². The molecule has 2 aliphatic heterocycles. The Bertz CT molecular complexity index is 975. The molecule has 9 atom stereocenters. The first-order chi connectivity index (χ1) is 14.3. The Hall–Kier alpha value is -1.41. The Kier molecular flexibility index (Phi) is 3.40. The third-order valence-electron chi connectivity index (χ3n) is 9.72. The van der Waals surface area contributed by atoms with Crippen LogP contribution in [0, 0.1) is 45.8 Å². The van der Waals surface area contributed by atoms with E-state index in [4.69, 9.17) is 9.47 Å². The number of allylic oxidation sites excluding steroid dienone is 1. The summed E-state index contributed by atoms with van der Waals surface area (Å²) >= 11 is 0. The first-order valence-corrected chi connectivity index (χ1v) is 11.3. The summed E-state index contributed by atoms with van der Waals surface area (Å²) in [4.78, 5) is 40.3. The van der Waals surface area contributed by atoms with Crippen molar-refractivity contribution in [1.29, 1.82) is 0 Å². The van der Waals surface area contributed by atoms with E-state index < -0.39 is 57.3 Å². The first-order valence-electron chi connectivity index (χ1n) is 11.3. The highest BCUT2D eigenvalue weighted by molar-refractivity contribution is 6.40. The van der Waals surface area contributed by atoms with Gasteiger partial charge in [0, 0.05) is 18.3 Å². The molecule has 0 aromatic rings. The minimum atomic E-state index is -1.75. The van der Waals surface area contributed by atoms with E-state index in [0.717, 1.165) is 12.0 Å². The summed E-state index contributed by atoms with van der Waals surface area (Å²) in [5.74, 6) is -5.92. The third kappa shape index (κ3) is 1.78. The third-order valence-corrected chi connectivity index (χ3v) is 9.72. The number of carbonyl (C=O) groups is 3. The molecule has 7 nitrogen and oxygen atoms in total. The van der Waals surface area contributed by atoms with Gasteiger partial charge in [0.05, 0.1) is 17.4 Å². The Morgan fingerprint density at radius 2 is 1.87 bits per heavy atom. The summed E-state index contributed by atoms with van der Waals surface area (Å²) in [6.45, 7) is 10.7. The standard InChI is InChI=1S/C24H30O7/c1-10-11-6-7-13-22-9-30-24(31-21(4,5)29,23(13)15(11)14(10)18(23)27)19(28)16(22)20(2,3)8-12(25)17(22)26/h11,13-16,19,28-29H,1,6-9H2,2-5H3/t11-,13-,14?,15-,16+,19-,22-,23+,24-/m0/s1. The molecule has 0 amide bonds. The number of Topliss-reactive ketones (excluding diaryl/α,β-unsaturated/α-hetero) is 3. The number of hydrogen-bond donors (Lipinski definition) is 2. The lowest BCUT2D eigenvalue weighted by molar-refractivity contribution is -0.493. The van der Waals surface area contributed by atoms with E-state index in [1.165, 1.54) is 13.8 Å². The Labute approximate surface area is 181 Å². The summed E-state index contributed by atoms with van der Waals surface area (Å²) in [7, 11) is 0.